The number of nitrogens with zero attached hydrogens (tertiary/aromatic N) is 2. The number of rotatable bonds is 5. The maximum absolute atomic E-state index is 12.5. The van der Waals surface area contributed by atoms with E-state index in [9.17, 15) is 18.0 Å². The normalized spacial score (nSPS) is 20.2. The first-order valence-corrected chi connectivity index (χ1v) is 11.2. The van der Waals surface area contributed by atoms with E-state index in [-0.39, 0.29) is 17.2 Å². The number of nitrogens with one attached hydrogen (secondary N) is 1. The average Bonchev–Trinajstić information content (AvgIpc) is 3.09. The summed E-state index contributed by atoms with van der Waals surface area (Å²) < 4.78 is 48.4. The minimum atomic E-state index is -4.75. The molecule has 1 aliphatic carbocycles. The van der Waals surface area contributed by atoms with Crippen LogP contribution in [0.1, 0.15) is 56.4 Å². The zero-order valence-corrected chi connectivity index (χ0v) is 19.6. The number of carbonyl (C=O) groups excluding carboxylic acids is 1. The van der Waals surface area contributed by atoms with Crippen LogP contribution in [0, 0.1) is 11.3 Å². The number of halogens is 3. The minimum Gasteiger partial charge on any atom is -0.465 e. The van der Waals surface area contributed by atoms with E-state index < -0.39 is 12.3 Å². The van der Waals surface area contributed by atoms with Gasteiger partial charge >= 0.3 is 12.3 Å². The summed E-state index contributed by atoms with van der Waals surface area (Å²) in [7, 11) is 1.33. The van der Waals surface area contributed by atoms with Crippen LogP contribution in [0.25, 0.3) is 11.0 Å². The molecule has 6 nitrogen and oxygen atoms in total. The molecule has 0 spiro atoms. The summed E-state index contributed by atoms with van der Waals surface area (Å²) >= 11 is 0. The second kappa shape index (κ2) is 8.85. The Hall–Kier alpha value is -3.23. The first kappa shape index (κ1) is 23.9. The lowest BCUT2D eigenvalue weighted by Gasteiger charge is -2.40. The van der Waals surface area contributed by atoms with Crippen molar-refractivity contribution in [2.75, 3.05) is 12.4 Å². The smallest absolute Gasteiger partial charge is 0.465 e. The third-order valence-electron chi connectivity index (χ3n) is 6.18. The van der Waals surface area contributed by atoms with E-state index in [2.05, 4.69) is 35.4 Å². The van der Waals surface area contributed by atoms with Crippen molar-refractivity contribution in [3.8, 4) is 5.75 Å². The molecular formula is C25H28F3N3O3. The van der Waals surface area contributed by atoms with Gasteiger partial charge in [0.1, 0.15) is 5.75 Å². The van der Waals surface area contributed by atoms with E-state index in [1.54, 1.807) is 12.1 Å². The van der Waals surface area contributed by atoms with Crippen LogP contribution in [-0.2, 0) is 4.74 Å². The lowest BCUT2D eigenvalue weighted by atomic mass is 9.70. The zero-order chi connectivity index (χ0) is 24.7. The zero-order valence-electron chi connectivity index (χ0n) is 19.6. The molecule has 9 heteroatoms. The average molecular weight is 476 g/mol. The summed E-state index contributed by atoms with van der Waals surface area (Å²) in [5, 5.41) is 3.25. The Morgan fingerprint density at radius 3 is 2.47 bits per heavy atom. The SMILES string of the molecule is COC(=O)c1ccc2c(c1)nc(Nc1ccc(OC(F)(F)F)cc1)n2C1C[C@@H](C)CC(C)(C)C1. The van der Waals surface area contributed by atoms with Crippen LogP contribution >= 0.6 is 0 Å². The summed E-state index contributed by atoms with van der Waals surface area (Å²) in [6, 6.07) is 11.0. The van der Waals surface area contributed by atoms with Crippen molar-refractivity contribution < 1.29 is 27.4 Å². The molecule has 0 amide bonds. The summed E-state index contributed by atoms with van der Waals surface area (Å²) in [6.45, 7) is 6.77. The van der Waals surface area contributed by atoms with Crippen molar-refractivity contribution in [3.05, 3.63) is 48.0 Å². The van der Waals surface area contributed by atoms with Gasteiger partial charge in [-0.2, -0.15) is 0 Å². The Morgan fingerprint density at radius 1 is 1.15 bits per heavy atom. The van der Waals surface area contributed by atoms with E-state index in [0.717, 1.165) is 24.8 Å². The molecule has 1 unspecified atom stereocenters. The van der Waals surface area contributed by atoms with Crippen molar-refractivity contribution in [3.63, 3.8) is 0 Å². The van der Waals surface area contributed by atoms with Gasteiger partial charge in [-0.05, 0) is 73.1 Å². The predicted molar refractivity (Wildman–Crippen MR) is 123 cm³/mol. The predicted octanol–water partition coefficient (Wildman–Crippen LogP) is 6.85. The Balaban J connectivity index is 1.73. The lowest BCUT2D eigenvalue weighted by molar-refractivity contribution is -0.274. The Morgan fingerprint density at radius 2 is 1.85 bits per heavy atom. The number of methoxy groups -OCH3 is 1. The van der Waals surface area contributed by atoms with Crippen molar-refractivity contribution >= 4 is 28.6 Å². The van der Waals surface area contributed by atoms with Gasteiger partial charge in [0.05, 0.1) is 23.7 Å². The number of hydrogen-bond acceptors (Lipinski definition) is 5. The van der Waals surface area contributed by atoms with Crippen LogP contribution in [0.2, 0.25) is 0 Å². The lowest BCUT2D eigenvalue weighted by Crippen LogP contribution is -2.29. The number of anilines is 2. The van der Waals surface area contributed by atoms with Gasteiger partial charge in [-0.3, -0.25) is 0 Å². The first-order chi connectivity index (χ1) is 15.9. The van der Waals surface area contributed by atoms with E-state index in [1.807, 2.05) is 6.07 Å². The molecule has 1 aliphatic rings. The Kier molecular flexibility index (Phi) is 6.22. The number of esters is 1. The molecule has 182 valence electrons. The highest BCUT2D eigenvalue weighted by Crippen LogP contribution is 2.46. The van der Waals surface area contributed by atoms with Gasteiger partial charge in [0, 0.05) is 11.7 Å². The van der Waals surface area contributed by atoms with Gasteiger partial charge in [-0.1, -0.05) is 20.8 Å². The number of alkyl halides is 3. The van der Waals surface area contributed by atoms with Gasteiger partial charge in [-0.15, -0.1) is 13.2 Å². The minimum absolute atomic E-state index is 0.152. The van der Waals surface area contributed by atoms with Crippen LogP contribution in [0.3, 0.4) is 0 Å². The molecule has 3 aromatic rings. The van der Waals surface area contributed by atoms with Gasteiger partial charge < -0.3 is 19.4 Å². The maximum Gasteiger partial charge on any atom is 0.573 e. The third-order valence-corrected chi connectivity index (χ3v) is 6.18. The quantitative estimate of drug-likeness (QED) is 0.409. The summed E-state index contributed by atoms with van der Waals surface area (Å²) in [5.74, 6) is 0.347. The van der Waals surface area contributed by atoms with Gasteiger partial charge in [-0.25, -0.2) is 9.78 Å². The second-order valence-electron chi connectivity index (χ2n) is 9.76. The molecule has 4 rings (SSSR count). The highest BCUT2D eigenvalue weighted by atomic mass is 19.4. The van der Waals surface area contributed by atoms with Crippen LogP contribution < -0.4 is 10.1 Å². The number of imidazole rings is 1. The fourth-order valence-electron chi connectivity index (χ4n) is 5.16. The molecule has 2 aromatic carbocycles. The highest BCUT2D eigenvalue weighted by Gasteiger charge is 2.35. The van der Waals surface area contributed by atoms with Gasteiger partial charge in [0.25, 0.3) is 0 Å². The standard InChI is InChI=1S/C25H28F3N3O3/c1-15-11-18(14-24(2,3)13-15)31-21-10-5-16(22(32)33-4)12-20(21)30-23(31)29-17-6-8-19(9-7-17)34-25(26,27)28/h5-10,12,15,18H,11,13-14H2,1-4H3,(H,29,30)/t15-,18?/m1/s1. The van der Waals surface area contributed by atoms with E-state index in [1.165, 1.54) is 31.4 Å². The molecule has 2 atom stereocenters. The van der Waals surface area contributed by atoms with Crippen molar-refractivity contribution in [2.45, 2.75) is 52.4 Å². The first-order valence-electron chi connectivity index (χ1n) is 11.2. The van der Waals surface area contributed by atoms with Gasteiger partial charge in [0.15, 0.2) is 0 Å². The monoisotopic (exact) mass is 475 g/mol. The molecule has 1 aromatic heterocycles. The molecule has 0 bridgehead atoms. The molecule has 0 aliphatic heterocycles. The Labute approximate surface area is 196 Å². The number of carbonyl (C=O) groups is 1. The maximum atomic E-state index is 12.5. The van der Waals surface area contributed by atoms with E-state index in [4.69, 9.17) is 9.72 Å². The number of hydrogen-bond donors (Lipinski definition) is 1. The molecule has 0 saturated heterocycles. The van der Waals surface area contributed by atoms with Crippen LogP contribution in [0.4, 0.5) is 24.8 Å². The number of aromatic nitrogens is 2. The number of fused-ring (bicyclic) bond motifs is 1. The largest absolute Gasteiger partial charge is 0.573 e. The second-order valence-corrected chi connectivity index (χ2v) is 9.76. The van der Waals surface area contributed by atoms with Crippen molar-refractivity contribution in [1.82, 2.24) is 9.55 Å². The van der Waals surface area contributed by atoms with E-state index in [0.29, 0.717) is 28.6 Å². The topological polar surface area (TPSA) is 65.4 Å². The fourth-order valence-corrected chi connectivity index (χ4v) is 5.16. The van der Waals surface area contributed by atoms with Crippen LogP contribution in [-0.4, -0.2) is 29.0 Å². The summed E-state index contributed by atoms with van der Waals surface area (Å²) in [6.07, 6.45) is -1.69. The van der Waals surface area contributed by atoms with Crippen LogP contribution in [0.15, 0.2) is 42.5 Å². The molecule has 1 heterocycles. The fraction of sp³-hybridized carbons (Fsp3) is 0.440. The molecule has 0 radical (unpaired) electrons. The Bertz CT molecular complexity index is 1190. The van der Waals surface area contributed by atoms with E-state index >= 15 is 0 Å². The number of ether oxygens (including phenoxy) is 2. The van der Waals surface area contributed by atoms with Gasteiger partial charge in [0.2, 0.25) is 5.95 Å². The van der Waals surface area contributed by atoms with Crippen LogP contribution in [0.5, 0.6) is 5.75 Å². The summed E-state index contributed by atoms with van der Waals surface area (Å²) in [5.41, 5.74) is 2.64. The molecule has 1 saturated carbocycles. The molecular weight excluding hydrogens is 447 g/mol. The molecule has 1 fully saturated rings. The molecule has 34 heavy (non-hydrogen) atoms. The van der Waals surface area contributed by atoms with Crippen molar-refractivity contribution in [1.29, 1.82) is 0 Å². The van der Waals surface area contributed by atoms with Crippen molar-refractivity contribution in [2.24, 2.45) is 11.3 Å². The molecule has 1 N–H and O–H groups in total. The summed E-state index contributed by atoms with van der Waals surface area (Å²) in [4.78, 5) is 16.8. The third kappa shape index (κ3) is 5.29. The number of benzene rings is 2. The highest BCUT2D eigenvalue weighted by molar-refractivity contribution is 5.94.